The Bertz CT molecular complexity index is 507. The third-order valence-electron chi connectivity index (χ3n) is 1.86. The summed E-state index contributed by atoms with van der Waals surface area (Å²) in [7, 11) is 0. The summed E-state index contributed by atoms with van der Waals surface area (Å²) < 4.78 is 0. The lowest BCUT2D eigenvalue weighted by Gasteiger charge is -1.98. The fourth-order valence-corrected chi connectivity index (χ4v) is 0.975. The zero-order valence-corrected chi connectivity index (χ0v) is 11.5. The van der Waals surface area contributed by atoms with Crippen molar-refractivity contribution in [3.05, 3.63) is 54.9 Å². The Morgan fingerprint density at radius 3 is 2.24 bits per heavy atom. The van der Waals surface area contributed by atoms with E-state index in [9.17, 15) is 9.59 Å². The Balaban J connectivity index is 0.000000433. The monoisotopic (exact) mass is 292 g/mol. The van der Waals surface area contributed by atoms with Crippen molar-refractivity contribution in [2.45, 2.75) is 6.92 Å². The summed E-state index contributed by atoms with van der Waals surface area (Å²) in [6.07, 6.45) is 6.22. The topological polar surface area (TPSA) is 109 Å². The third-order valence-corrected chi connectivity index (χ3v) is 1.86. The molecule has 0 spiro atoms. The Labute approximate surface area is 121 Å². The molecule has 21 heavy (non-hydrogen) atoms. The van der Waals surface area contributed by atoms with E-state index in [1.807, 2.05) is 19.1 Å². The molecule has 0 aliphatic carbocycles. The summed E-state index contributed by atoms with van der Waals surface area (Å²) >= 11 is 0. The number of hydrogen-bond donors (Lipinski definition) is 2. The van der Waals surface area contributed by atoms with Crippen LogP contribution in [0.5, 0.6) is 0 Å². The number of pyridine rings is 1. The maximum atomic E-state index is 9.55. The molecule has 7 heteroatoms. The zero-order valence-electron chi connectivity index (χ0n) is 11.5. The van der Waals surface area contributed by atoms with Crippen LogP contribution in [-0.4, -0.2) is 39.5 Å². The van der Waals surface area contributed by atoms with Gasteiger partial charge in [-0.3, -0.25) is 4.98 Å². The van der Waals surface area contributed by atoms with Crippen molar-refractivity contribution >= 4 is 17.7 Å². The van der Waals surface area contributed by atoms with Gasteiger partial charge in [-0.15, -0.1) is 0 Å². The fraction of sp³-hybridized carbons (Fsp3) is 0.143. The molecule has 0 amide bonds. The predicted molar refractivity (Wildman–Crippen MR) is 77.0 cm³/mol. The summed E-state index contributed by atoms with van der Waals surface area (Å²) in [5, 5.41) is 19.5. The second-order valence-corrected chi connectivity index (χ2v) is 3.51. The van der Waals surface area contributed by atoms with Gasteiger partial charge in [-0.05, 0) is 19.1 Å². The summed E-state index contributed by atoms with van der Waals surface area (Å²) in [6, 6.07) is 3.77. The molecule has 0 fully saturated rings. The number of aliphatic carboxylic acids is 2. The second-order valence-electron chi connectivity index (χ2n) is 3.51. The summed E-state index contributed by atoms with van der Waals surface area (Å²) in [6.45, 7) is 5.85. The van der Waals surface area contributed by atoms with Gasteiger partial charge in [0.05, 0.1) is 5.71 Å². The van der Waals surface area contributed by atoms with Crippen LogP contribution in [0.25, 0.3) is 0 Å². The van der Waals surface area contributed by atoms with Gasteiger partial charge in [-0.1, -0.05) is 17.8 Å². The third kappa shape index (κ3) is 10.6. The number of carbonyl (C=O) groups is 2. The molecule has 7 nitrogen and oxygen atoms in total. The molecular weight excluding hydrogens is 276 g/mol. The molecule has 2 N–H and O–H groups in total. The first-order valence-electron chi connectivity index (χ1n) is 5.79. The zero-order chi connectivity index (χ0) is 16.1. The van der Waals surface area contributed by atoms with E-state index >= 15 is 0 Å². The second kappa shape index (κ2) is 10.9. The first kappa shape index (κ1) is 18.0. The first-order chi connectivity index (χ1) is 9.97. The van der Waals surface area contributed by atoms with Crippen LogP contribution in [0.15, 0.2) is 54.5 Å². The van der Waals surface area contributed by atoms with E-state index in [2.05, 4.69) is 16.7 Å². The molecule has 0 aliphatic rings. The average Bonchev–Trinajstić information content (AvgIpc) is 2.47. The lowest BCUT2D eigenvalue weighted by Crippen LogP contribution is -1.96. The van der Waals surface area contributed by atoms with E-state index in [1.165, 1.54) is 0 Å². The van der Waals surface area contributed by atoms with E-state index in [-0.39, 0.29) is 0 Å². The smallest absolute Gasteiger partial charge is 0.328 e. The van der Waals surface area contributed by atoms with E-state index in [1.54, 1.807) is 18.5 Å². The molecule has 0 radical (unpaired) electrons. The lowest BCUT2D eigenvalue weighted by molar-refractivity contribution is -0.134. The Morgan fingerprint density at radius 2 is 1.81 bits per heavy atom. The number of nitrogens with zero attached hydrogens (tertiary/aromatic N) is 2. The lowest BCUT2D eigenvalue weighted by atomic mass is 10.2. The Morgan fingerprint density at radius 1 is 1.29 bits per heavy atom. The molecule has 112 valence electrons. The number of carboxylic acid groups (broad SMARTS) is 2. The van der Waals surface area contributed by atoms with Crippen LogP contribution in [0.3, 0.4) is 0 Å². The molecule has 0 saturated carbocycles. The molecule has 0 atom stereocenters. The van der Waals surface area contributed by atoms with Crippen LogP contribution in [0.4, 0.5) is 0 Å². The molecule has 1 aromatic rings. The SMILES string of the molecule is C=CCO/N=C(\C)c1ccncc1.O=C(O)/C=C/C(=O)O. The van der Waals surface area contributed by atoms with E-state index in [0.29, 0.717) is 18.8 Å². The van der Waals surface area contributed by atoms with Crippen molar-refractivity contribution in [3.63, 3.8) is 0 Å². The molecule has 0 aromatic carbocycles. The van der Waals surface area contributed by atoms with Crippen molar-refractivity contribution in [3.8, 4) is 0 Å². The van der Waals surface area contributed by atoms with Crippen molar-refractivity contribution in [2.24, 2.45) is 5.16 Å². The quantitative estimate of drug-likeness (QED) is 0.272. The van der Waals surface area contributed by atoms with Gasteiger partial charge >= 0.3 is 11.9 Å². The molecular formula is C14H16N2O5. The van der Waals surface area contributed by atoms with E-state index in [0.717, 1.165) is 11.3 Å². The number of oxime groups is 1. The van der Waals surface area contributed by atoms with Gasteiger partial charge < -0.3 is 15.1 Å². The van der Waals surface area contributed by atoms with Gasteiger partial charge in [0.15, 0.2) is 0 Å². The highest BCUT2D eigenvalue weighted by atomic mass is 16.6. The van der Waals surface area contributed by atoms with Gasteiger partial charge in [0.1, 0.15) is 6.61 Å². The highest BCUT2D eigenvalue weighted by Crippen LogP contribution is 1.99. The van der Waals surface area contributed by atoms with Crippen molar-refractivity contribution in [2.75, 3.05) is 6.61 Å². The number of hydrogen-bond acceptors (Lipinski definition) is 5. The summed E-state index contributed by atoms with van der Waals surface area (Å²) in [4.78, 5) is 28.0. The number of rotatable bonds is 6. The van der Waals surface area contributed by atoms with Gasteiger partial charge in [-0.2, -0.15) is 0 Å². The van der Waals surface area contributed by atoms with E-state index in [4.69, 9.17) is 15.1 Å². The summed E-state index contributed by atoms with van der Waals surface area (Å²) in [5.74, 6) is -2.51. The minimum Gasteiger partial charge on any atom is -0.478 e. The van der Waals surface area contributed by atoms with E-state index < -0.39 is 11.9 Å². The van der Waals surface area contributed by atoms with Crippen LogP contribution >= 0.6 is 0 Å². The van der Waals surface area contributed by atoms with Crippen LogP contribution in [0.2, 0.25) is 0 Å². The fourth-order valence-electron chi connectivity index (χ4n) is 0.975. The predicted octanol–water partition coefficient (Wildman–Crippen LogP) is 1.72. The maximum Gasteiger partial charge on any atom is 0.328 e. The minimum absolute atomic E-state index is 0.433. The highest BCUT2D eigenvalue weighted by Gasteiger charge is 1.95. The highest BCUT2D eigenvalue weighted by molar-refractivity contribution is 5.98. The van der Waals surface area contributed by atoms with Crippen LogP contribution < -0.4 is 0 Å². The van der Waals surface area contributed by atoms with Crippen molar-refractivity contribution in [1.82, 2.24) is 4.98 Å². The van der Waals surface area contributed by atoms with Gasteiger partial charge in [0.2, 0.25) is 0 Å². The molecule has 0 bridgehead atoms. The van der Waals surface area contributed by atoms with Crippen LogP contribution in [0.1, 0.15) is 12.5 Å². The number of aromatic nitrogens is 1. The Hall–Kier alpha value is -2.96. The summed E-state index contributed by atoms with van der Waals surface area (Å²) in [5.41, 5.74) is 1.85. The molecule has 0 aliphatic heterocycles. The normalized spacial score (nSPS) is 10.4. The molecule has 1 rings (SSSR count). The number of carboxylic acids is 2. The maximum absolute atomic E-state index is 9.55. The first-order valence-corrected chi connectivity index (χ1v) is 5.79. The van der Waals surface area contributed by atoms with Gasteiger partial charge in [0.25, 0.3) is 0 Å². The molecule has 1 heterocycles. The largest absolute Gasteiger partial charge is 0.478 e. The van der Waals surface area contributed by atoms with Crippen LogP contribution in [0, 0.1) is 0 Å². The Kier molecular flexibility index (Phi) is 9.38. The van der Waals surface area contributed by atoms with Crippen molar-refractivity contribution in [1.29, 1.82) is 0 Å². The van der Waals surface area contributed by atoms with Gasteiger partial charge in [-0.25, -0.2) is 9.59 Å². The molecule has 0 unspecified atom stereocenters. The minimum atomic E-state index is -1.26. The standard InChI is InChI=1S/C10H12N2O.C4H4O4/c1-3-8-13-12-9(2)10-4-6-11-7-5-10;5-3(6)1-2-4(7)8/h3-7H,1,8H2,2H3;1-2H,(H,5,6)(H,7,8)/b12-9+;2-1+. The van der Waals surface area contributed by atoms with Crippen LogP contribution in [-0.2, 0) is 14.4 Å². The average molecular weight is 292 g/mol. The molecule has 1 aromatic heterocycles. The van der Waals surface area contributed by atoms with Gasteiger partial charge in [0, 0.05) is 30.1 Å². The molecule has 0 saturated heterocycles. The van der Waals surface area contributed by atoms with Crippen molar-refractivity contribution < 1.29 is 24.6 Å².